The lowest BCUT2D eigenvalue weighted by molar-refractivity contribution is -0.153. The first kappa shape index (κ1) is 22.0. The predicted octanol–water partition coefficient (Wildman–Crippen LogP) is 4.26. The number of aryl methyl sites for hydroxylation is 3. The van der Waals surface area contributed by atoms with Gasteiger partial charge in [-0.25, -0.2) is 9.98 Å². The van der Waals surface area contributed by atoms with Crippen LogP contribution in [0.4, 0.5) is 13.2 Å². The molecule has 2 N–H and O–H groups in total. The Morgan fingerprint density at radius 1 is 1.21 bits per heavy atom. The number of thiazole rings is 1. The molecule has 0 aliphatic carbocycles. The third-order valence-electron chi connectivity index (χ3n) is 3.85. The number of guanidine groups is 1. The van der Waals surface area contributed by atoms with E-state index in [1.54, 1.807) is 30.4 Å². The number of ether oxygens (including phenoxy) is 1. The van der Waals surface area contributed by atoms with Crippen molar-refractivity contribution in [2.24, 2.45) is 4.99 Å². The highest BCUT2D eigenvalue weighted by molar-refractivity contribution is 7.11. The maximum atomic E-state index is 12.5. The Morgan fingerprint density at radius 3 is 2.57 bits per heavy atom. The van der Waals surface area contributed by atoms with Gasteiger partial charge in [0, 0.05) is 17.0 Å². The van der Waals surface area contributed by atoms with E-state index in [1.807, 2.05) is 26.8 Å². The first-order valence-corrected chi connectivity index (χ1v) is 9.73. The van der Waals surface area contributed by atoms with Gasteiger partial charge in [-0.15, -0.1) is 11.3 Å². The summed E-state index contributed by atoms with van der Waals surface area (Å²) < 4.78 is 42.5. The molecule has 0 fully saturated rings. The van der Waals surface area contributed by atoms with Gasteiger partial charge in [-0.05, 0) is 39.3 Å². The van der Waals surface area contributed by atoms with Gasteiger partial charge < -0.3 is 15.4 Å². The summed E-state index contributed by atoms with van der Waals surface area (Å²) >= 11 is 1.62. The van der Waals surface area contributed by atoms with E-state index in [4.69, 9.17) is 4.74 Å². The molecule has 0 bridgehead atoms. The number of hydrogen-bond acceptors (Lipinski definition) is 4. The molecule has 1 aromatic heterocycles. The molecule has 5 nitrogen and oxygen atoms in total. The quantitative estimate of drug-likeness (QED) is 0.525. The minimum absolute atomic E-state index is 0.193. The van der Waals surface area contributed by atoms with E-state index in [0.29, 0.717) is 24.6 Å². The van der Waals surface area contributed by atoms with Crippen LogP contribution >= 0.6 is 11.3 Å². The molecule has 0 radical (unpaired) electrons. The Balaban J connectivity index is 2.08. The van der Waals surface area contributed by atoms with Crippen molar-refractivity contribution in [1.82, 2.24) is 15.6 Å². The second-order valence-corrected chi connectivity index (χ2v) is 7.60. The van der Waals surface area contributed by atoms with Crippen LogP contribution in [-0.4, -0.2) is 30.3 Å². The molecular formula is C19H25F3N4OS. The Kier molecular flexibility index (Phi) is 7.68. The molecule has 0 spiro atoms. The van der Waals surface area contributed by atoms with Crippen molar-refractivity contribution in [1.29, 1.82) is 0 Å². The summed E-state index contributed by atoms with van der Waals surface area (Å²) in [5.74, 6) is 0.762. The second kappa shape index (κ2) is 9.77. The molecule has 9 heteroatoms. The maximum Gasteiger partial charge on any atom is 0.422 e. The van der Waals surface area contributed by atoms with Gasteiger partial charge in [0.2, 0.25) is 0 Å². The van der Waals surface area contributed by atoms with Gasteiger partial charge in [-0.3, -0.25) is 0 Å². The van der Waals surface area contributed by atoms with Crippen molar-refractivity contribution in [3.63, 3.8) is 0 Å². The fourth-order valence-corrected chi connectivity index (χ4v) is 3.24. The van der Waals surface area contributed by atoms with Crippen molar-refractivity contribution in [2.45, 2.75) is 47.0 Å². The first-order valence-electron chi connectivity index (χ1n) is 8.92. The molecule has 0 amide bonds. The zero-order valence-corrected chi connectivity index (χ0v) is 17.2. The predicted molar refractivity (Wildman–Crippen MR) is 106 cm³/mol. The van der Waals surface area contributed by atoms with Crippen LogP contribution in [0.25, 0.3) is 0 Å². The fraction of sp³-hybridized carbons (Fsp3) is 0.474. The minimum atomic E-state index is -4.38. The molecule has 0 unspecified atom stereocenters. The summed E-state index contributed by atoms with van der Waals surface area (Å²) in [6, 6.07) is 5.16. The normalized spacial score (nSPS) is 12.2. The monoisotopic (exact) mass is 414 g/mol. The smallest absolute Gasteiger partial charge is 0.422 e. The molecule has 2 aromatic rings. The van der Waals surface area contributed by atoms with Crippen LogP contribution in [0.3, 0.4) is 0 Å². The first-order chi connectivity index (χ1) is 13.2. The SMILES string of the molecule is CCNC(=NCc1ccc(C)cc1OCC(F)(F)F)NCc1nc(C)c(C)s1. The van der Waals surface area contributed by atoms with Gasteiger partial charge in [0.1, 0.15) is 10.8 Å². The standard InChI is InChI=1S/C19H25F3N4OS/c1-5-23-18(25-10-17-26-13(3)14(4)28-17)24-9-15-7-6-12(2)8-16(15)27-11-19(20,21)22/h6-8H,5,9-11H2,1-4H3,(H2,23,24,25). The van der Waals surface area contributed by atoms with Crippen LogP contribution in [-0.2, 0) is 13.1 Å². The third-order valence-corrected chi connectivity index (χ3v) is 4.92. The number of halogens is 3. The van der Waals surface area contributed by atoms with Crippen LogP contribution in [0.15, 0.2) is 23.2 Å². The highest BCUT2D eigenvalue weighted by Crippen LogP contribution is 2.24. The number of aliphatic imine (C=N–C) groups is 1. The molecular weight excluding hydrogens is 389 g/mol. The van der Waals surface area contributed by atoms with Gasteiger partial charge in [-0.2, -0.15) is 13.2 Å². The van der Waals surface area contributed by atoms with E-state index in [0.717, 1.165) is 16.3 Å². The topological polar surface area (TPSA) is 58.5 Å². The molecule has 0 aliphatic heterocycles. The van der Waals surface area contributed by atoms with Crippen LogP contribution in [0, 0.1) is 20.8 Å². The van der Waals surface area contributed by atoms with Crippen molar-refractivity contribution in [3.8, 4) is 5.75 Å². The lowest BCUT2D eigenvalue weighted by atomic mass is 10.1. The molecule has 0 saturated carbocycles. The van der Waals surface area contributed by atoms with Gasteiger partial charge >= 0.3 is 6.18 Å². The van der Waals surface area contributed by atoms with E-state index in [1.165, 1.54) is 4.88 Å². The van der Waals surface area contributed by atoms with Gasteiger partial charge in [0.15, 0.2) is 12.6 Å². The van der Waals surface area contributed by atoms with E-state index >= 15 is 0 Å². The Hall–Kier alpha value is -2.29. The summed E-state index contributed by atoms with van der Waals surface area (Å²) in [5.41, 5.74) is 2.42. The van der Waals surface area contributed by atoms with Crippen LogP contribution < -0.4 is 15.4 Å². The summed E-state index contributed by atoms with van der Waals surface area (Å²) in [5, 5.41) is 7.28. The highest BCUT2D eigenvalue weighted by Gasteiger charge is 2.28. The van der Waals surface area contributed by atoms with Gasteiger partial charge in [0.05, 0.1) is 18.8 Å². The Labute approximate surface area is 167 Å². The average molecular weight is 414 g/mol. The summed E-state index contributed by atoms with van der Waals surface area (Å²) in [7, 11) is 0. The largest absolute Gasteiger partial charge is 0.484 e. The number of hydrogen-bond donors (Lipinski definition) is 2. The molecule has 1 aromatic carbocycles. The molecule has 0 atom stereocenters. The van der Waals surface area contributed by atoms with Crippen molar-refractivity contribution in [2.75, 3.05) is 13.2 Å². The number of benzene rings is 1. The summed E-state index contributed by atoms with van der Waals surface area (Å²) in [4.78, 5) is 10.1. The summed E-state index contributed by atoms with van der Waals surface area (Å²) in [6.07, 6.45) is -4.38. The molecule has 28 heavy (non-hydrogen) atoms. The minimum Gasteiger partial charge on any atom is -0.484 e. The zero-order valence-electron chi connectivity index (χ0n) is 16.4. The molecule has 0 aliphatic rings. The maximum absolute atomic E-state index is 12.5. The Morgan fingerprint density at radius 2 is 1.96 bits per heavy atom. The van der Waals surface area contributed by atoms with Crippen LogP contribution in [0.2, 0.25) is 0 Å². The summed E-state index contributed by atoms with van der Waals surface area (Å²) in [6.45, 7) is 7.79. The molecule has 0 saturated heterocycles. The number of rotatable bonds is 7. The lowest BCUT2D eigenvalue weighted by Crippen LogP contribution is -2.36. The second-order valence-electron chi connectivity index (χ2n) is 6.31. The number of alkyl halides is 3. The van der Waals surface area contributed by atoms with Crippen LogP contribution in [0.5, 0.6) is 5.75 Å². The fourth-order valence-electron chi connectivity index (χ4n) is 2.37. The van der Waals surface area contributed by atoms with Gasteiger partial charge in [-0.1, -0.05) is 12.1 Å². The Bertz CT molecular complexity index is 798. The van der Waals surface area contributed by atoms with E-state index in [2.05, 4.69) is 20.6 Å². The van der Waals surface area contributed by atoms with E-state index < -0.39 is 12.8 Å². The van der Waals surface area contributed by atoms with Gasteiger partial charge in [0.25, 0.3) is 0 Å². The molecule has 1 heterocycles. The van der Waals surface area contributed by atoms with E-state index in [9.17, 15) is 13.2 Å². The molecule has 154 valence electrons. The molecule has 2 rings (SSSR count). The van der Waals surface area contributed by atoms with Crippen molar-refractivity contribution >= 4 is 17.3 Å². The number of nitrogens with zero attached hydrogens (tertiary/aromatic N) is 2. The zero-order chi connectivity index (χ0) is 20.7. The lowest BCUT2D eigenvalue weighted by Gasteiger charge is -2.14. The number of nitrogens with one attached hydrogen (secondary N) is 2. The third kappa shape index (κ3) is 7.03. The van der Waals surface area contributed by atoms with Crippen molar-refractivity contribution < 1.29 is 17.9 Å². The van der Waals surface area contributed by atoms with E-state index in [-0.39, 0.29) is 12.3 Å². The van der Waals surface area contributed by atoms with Crippen LogP contribution in [0.1, 0.15) is 33.6 Å². The van der Waals surface area contributed by atoms with Crippen molar-refractivity contribution in [3.05, 3.63) is 44.9 Å². The number of aromatic nitrogens is 1. The average Bonchev–Trinajstić information content (AvgIpc) is 2.94. The highest BCUT2D eigenvalue weighted by atomic mass is 32.1.